The highest BCUT2D eigenvalue weighted by Crippen LogP contribution is 2.29. The third kappa shape index (κ3) is 5.47. The highest BCUT2D eigenvalue weighted by molar-refractivity contribution is 5.90. The van der Waals surface area contributed by atoms with E-state index < -0.39 is 12.1 Å². The van der Waals surface area contributed by atoms with E-state index >= 15 is 0 Å². The molecule has 3 rings (SSSR count). The predicted molar refractivity (Wildman–Crippen MR) is 112 cm³/mol. The Morgan fingerprint density at radius 2 is 1.93 bits per heavy atom. The fourth-order valence-electron chi connectivity index (χ4n) is 3.52. The molecule has 0 bridgehead atoms. The molecule has 1 N–H and O–H groups in total. The van der Waals surface area contributed by atoms with E-state index in [2.05, 4.69) is 17.4 Å². The Morgan fingerprint density at radius 3 is 2.76 bits per heavy atom. The fraction of sp³-hybridized carbons (Fsp3) is 0.333. The van der Waals surface area contributed by atoms with Crippen molar-refractivity contribution in [2.75, 3.05) is 6.61 Å². The van der Waals surface area contributed by atoms with Gasteiger partial charge in [-0.25, -0.2) is 4.79 Å². The Bertz CT molecular complexity index is 890. The Hall–Kier alpha value is -3.08. The van der Waals surface area contributed by atoms with Gasteiger partial charge in [0.2, 0.25) is 0 Å². The monoisotopic (exact) mass is 393 g/mol. The van der Waals surface area contributed by atoms with Crippen LogP contribution in [0.5, 0.6) is 5.75 Å². The third-order valence-corrected chi connectivity index (χ3v) is 4.97. The maximum absolute atomic E-state index is 12.5. The minimum atomic E-state index is -0.872. The lowest BCUT2D eigenvalue weighted by molar-refractivity contribution is -0.150. The summed E-state index contributed by atoms with van der Waals surface area (Å²) >= 11 is 0. The molecule has 152 valence electrons. The van der Waals surface area contributed by atoms with E-state index in [0.29, 0.717) is 12.4 Å². The number of ether oxygens (including phenoxy) is 2. The molecule has 5 heteroatoms. The van der Waals surface area contributed by atoms with Crippen LogP contribution < -0.4 is 10.1 Å². The number of carbonyl (C=O) groups is 2. The van der Waals surface area contributed by atoms with E-state index in [1.165, 1.54) is 11.6 Å². The molecule has 0 aromatic heterocycles. The number of nitrogens with one attached hydrogen (secondary N) is 1. The highest BCUT2D eigenvalue weighted by Gasteiger charge is 2.24. The summed E-state index contributed by atoms with van der Waals surface area (Å²) in [5.74, 6) is -0.160. The van der Waals surface area contributed by atoms with Crippen LogP contribution in [0.2, 0.25) is 0 Å². The van der Waals surface area contributed by atoms with Crippen molar-refractivity contribution in [3.63, 3.8) is 0 Å². The van der Waals surface area contributed by atoms with Gasteiger partial charge in [-0.05, 0) is 56.4 Å². The molecule has 0 unspecified atom stereocenters. The smallest absolute Gasteiger partial charge is 0.331 e. The second-order valence-corrected chi connectivity index (χ2v) is 7.04. The van der Waals surface area contributed by atoms with E-state index in [9.17, 15) is 9.59 Å². The van der Waals surface area contributed by atoms with Gasteiger partial charge in [0.15, 0.2) is 6.10 Å². The molecule has 0 heterocycles. The first kappa shape index (κ1) is 20.6. The summed E-state index contributed by atoms with van der Waals surface area (Å²) in [6.07, 6.45) is 5.02. The third-order valence-electron chi connectivity index (χ3n) is 4.97. The van der Waals surface area contributed by atoms with E-state index in [1.54, 1.807) is 13.0 Å². The van der Waals surface area contributed by atoms with Crippen LogP contribution in [0, 0.1) is 0 Å². The summed E-state index contributed by atoms with van der Waals surface area (Å²) in [5, 5.41) is 3.02. The van der Waals surface area contributed by atoms with Crippen LogP contribution in [-0.4, -0.2) is 24.6 Å². The van der Waals surface area contributed by atoms with Crippen LogP contribution in [0.15, 0.2) is 54.6 Å². The van der Waals surface area contributed by atoms with Crippen molar-refractivity contribution in [1.82, 2.24) is 5.32 Å². The van der Waals surface area contributed by atoms with Crippen LogP contribution in [-0.2, 0) is 20.7 Å². The molecule has 0 radical (unpaired) electrons. The molecule has 1 amide bonds. The molecule has 29 heavy (non-hydrogen) atoms. The van der Waals surface area contributed by atoms with Gasteiger partial charge in [0, 0.05) is 11.6 Å². The summed E-state index contributed by atoms with van der Waals surface area (Å²) in [6.45, 7) is 4.03. The fourth-order valence-corrected chi connectivity index (χ4v) is 3.52. The largest absolute Gasteiger partial charge is 0.493 e. The standard InChI is InChI=1S/C24H27NO4/c1-3-28-22-14-7-5-10-19(22)15-16-23(26)29-17(2)24(27)25-21-13-8-11-18-9-4-6-12-20(18)21/h4-7,9-10,12,14-17,21H,3,8,11,13H2,1-2H3,(H,25,27)/b16-15+/t17-,21+/m1/s1. The van der Waals surface area contributed by atoms with Crippen molar-refractivity contribution in [1.29, 1.82) is 0 Å². The van der Waals surface area contributed by atoms with E-state index in [0.717, 1.165) is 30.4 Å². The second kappa shape index (κ2) is 9.92. The molecule has 0 fully saturated rings. The van der Waals surface area contributed by atoms with Gasteiger partial charge in [0.1, 0.15) is 5.75 Å². The Kier molecular flexibility index (Phi) is 7.06. The number of hydrogen-bond donors (Lipinski definition) is 1. The summed E-state index contributed by atoms with van der Waals surface area (Å²) in [7, 11) is 0. The molecule has 5 nitrogen and oxygen atoms in total. The molecule has 0 spiro atoms. The minimum absolute atomic E-state index is 0.0396. The number of rotatable bonds is 7. The number of benzene rings is 2. The number of carbonyl (C=O) groups excluding carboxylic acids is 2. The van der Waals surface area contributed by atoms with Crippen LogP contribution >= 0.6 is 0 Å². The molecular formula is C24H27NO4. The van der Waals surface area contributed by atoms with Crippen molar-refractivity contribution in [2.24, 2.45) is 0 Å². The van der Waals surface area contributed by atoms with Gasteiger partial charge >= 0.3 is 5.97 Å². The zero-order valence-corrected chi connectivity index (χ0v) is 16.9. The summed E-state index contributed by atoms with van der Waals surface area (Å²) in [5.41, 5.74) is 3.20. The molecule has 2 aromatic carbocycles. The van der Waals surface area contributed by atoms with Gasteiger partial charge in [-0.3, -0.25) is 4.79 Å². The van der Waals surface area contributed by atoms with Crippen LogP contribution in [0.1, 0.15) is 49.4 Å². The minimum Gasteiger partial charge on any atom is -0.493 e. The average molecular weight is 393 g/mol. The number of fused-ring (bicyclic) bond motifs is 1. The lowest BCUT2D eigenvalue weighted by Crippen LogP contribution is -2.39. The Labute approximate surface area is 171 Å². The van der Waals surface area contributed by atoms with Crippen molar-refractivity contribution in [3.8, 4) is 5.75 Å². The maximum Gasteiger partial charge on any atom is 0.331 e. The maximum atomic E-state index is 12.5. The van der Waals surface area contributed by atoms with Crippen LogP contribution in [0.25, 0.3) is 6.08 Å². The molecule has 0 saturated carbocycles. The molecule has 1 aliphatic carbocycles. The van der Waals surface area contributed by atoms with Crippen LogP contribution in [0.3, 0.4) is 0 Å². The van der Waals surface area contributed by atoms with Gasteiger partial charge in [-0.1, -0.05) is 42.5 Å². The SMILES string of the molecule is CCOc1ccccc1/C=C/C(=O)O[C@H](C)C(=O)N[C@H]1CCCc2ccccc21. The first-order valence-electron chi connectivity index (χ1n) is 10.1. The van der Waals surface area contributed by atoms with Crippen molar-refractivity contribution >= 4 is 18.0 Å². The number of hydrogen-bond acceptors (Lipinski definition) is 4. The summed E-state index contributed by atoms with van der Waals surface area (Å²) < 4.78 is 10.8. The zero-order chi connectivity index (χ0) is 20.6. The highest BCUT2D eigenvalue weighted by atomic mass is 16.5. The molecular weight excluding hydrogens is 366 g/mol. The lowest BCUT2D eigenvalue weighted by Gasteiger charge is -2.27. The number of esters is 1. The van der Waals surface area contributed by atoms with Gasteiger partial charge in [-0.15, -0.1) is 0 Å². The van der Waals surface area contributed by atoms with E-state index in [1.807, 2.05) is 43.3 Å². The Morgan fingerprint density at radius 1 is 1.17 bits per heavy atom. The zero-order valence-electron chi connectivity index (χ0n) is 16.9. The number of aryl methyl sites for hydroxylation is 1. The summed E-state index contributed by atoms with van der Waals surface area (Å²) in [6, 6.07) is 15.5. The second-order valence-electron chi connectivity index (χ2n) is 7.04. The molecule has 2 aromatic rings. The van der Waals surface area contributed by atoms with Gasteiger partial charge in [0.05, 0.1) is 12.6 Å². The lowest BCUT2D eigenvalue weighted by atomic mass is 9.87. The molecule has 0 aliphatic heterocycles. The van der Waals surface area contributed by atoms with Crippen molar-refractivity contribution < 1.29 is 19.1 Å². The topological polar surface area (TPSA) is 64.6 Å². The molecule has 0 saturated heterocycles. The molecule has 2 atom stereocenters. The van der Waals surface area contributed by atoms with Crippen molar-refractivity contribution in [3.05, 3.63) is 71.3 Å². The van der Waals surface area contributed by atoms with E-state index in [4.69, 9.17) is 9.47 Å². The Balaban J connectivity index is 1.57. The van der Waals surface area contributed by atoms with Crippen LogP contribution in [0.4, 0.5) is 0 Å². The predicted octanol–water partition coefficient (Wildman–Crippen LogP) is 4.22. The normalized spacial score (nSPS) is 16.7. The number of para-hydroxylation sites is 1. The molecule has 1 aliphatic rings. The number of amides is 1. The summed E-state index contributed by atoms with van der Waals surface area (Å²) in [4.78, 5) is 24.7. The van der Waals surface area contributed by atoms with Gasteiger partial charge in [-0.2, -0.15) is 0 Å². The first-order chi connectivity index (χ1) is 14.1. The first-order valence-corrected chi connectivity index (χ1v) is 10.1. The van der Waals surface area contributed by atoms with E-state index in [-0.39, 0.29) is 11.9 Å². The quantitative estimate of drug-likeness (QED) is 0.565. The van der Waals surface area contributed by atoms with Gasteiger partial charge < -0.3 is 14.8 Å². The van der Waals surface area contributed by atoms with Crippen molar-refractivity contribution in [2.45, 2.75) is 45.3 Å². The van der Waals surface area contributed by atoms with Gasteiger partial charge in [0.25, 0.3) is 5.91 Å². The average Bonchev–Trinajstić information content (AvgIpc) is 2.73.